The van der Waals surface area contributed by atoms with E-state index in [1.165, 1.54) is 18.3 Å². The Kier molecular flexibility index (Phi) is 5.62. The summed E-state index contributed by atoms with van der Waals surface area (Å²) in [5.74, 6) is 1.20. The van der Waals surface area contributed by atoms with Gasteiger partial charge in [-0.1, -0.05) is 24.3 Å². The minimum absolute atomic E-state index is 0.0938. The van der Waals surface area contributed by atoms with E-state index in [1.54, 1.807) is 30.5 Å². The van der Waals surface area contributed by atoms with Gasteiger partial charge in [-0.3, -0.25) is 4.98 Å². The number of aliphatic hydroxyl groups excluding tert-OH is 1. The molecule has 134 valence electrons. The molecule has 0 saturated carbocycles. The third kappa shape index (κ3) is 4.66. The topological polar surface area (TPSA) is 88.5 Å². The maximum absolute atomic E-state index is 12.4. The molecular weight excluding hydrogens is 352 g/mol. The molecule has 0 fully saturated rings. The third-order valence-electron chi connectivity index (χ3n) is 3.65. The Labute approximate surface area is 152 Å². The van der Waals surface area contributed by atoms with Crippen LogP contribution in [0.2, 0.25) is 0 Å². The molecule has 1 aromatic heterocycles. The Bertz CT molecular complexity index is 930. The first-order valence-electron chi connectivity index (χ1n) is 7.95. The number of nitrogens with one attached hydrogen (secondary N) is 1. The molecule has 0 aliphatic heterocycles. The molecule has 0 bridgehead atoms. The van der Waals surface area contributed by atoms with Gasteiger partial charge in [-0.25, -0.2) is 13.1 Å². The fourth-order valence-corrected chi connectivity index (χ4v) is 3.31. The minimum Gasteiger partial charge on any atom is -0.457 e. The van der Waals surface area contributed by atoms with E-state index in [0.29, 0.717) is 17.1 Å². The lowest BCUT2D eigenvalue weighted by atomic mass is 10.2. The van der Waals surface area contributed by atoms with Gasteiger partial charge >= 0.3 is 0 Å². The largest absolute Gasteiger partial charge is 0.457 e. The normalized spacial score (nSPS) is 12.5. The molecule has 0 amide bonds. The summed E-state index contributed by atoms with van der Waals surface area (Å²) in [6.07, 6.45) is 2.10. The van der Waals surface area contributed by atoms with E-state index in [1.807, 2.05) is 30.3 Å². The summed E-state index contributed by atoms with van der Waals surface area (Å²) in [7, 11) is -3.74. The van der Waals surface area contributed by atoms with Crippen LogP contribution in [-0.4, -0.2) is 25.1 Å². The van der Waals surface area contributed by atoms with Crippen LogP contribution in [0, 0.1) is 0 Å². The highest BCUT2D eigenvalue weighted by molar-refractivity contribution is 7.89. The summed E-state index contributed by atoms with van der Waals surface area (Å²) >= 11 is 0. The number of aliphatic hydroxyl groups is 1. The van der Waals surface area contributed by atoms with E-state index in [2.05, 4.69) is 9.71 Å². The smallest absolute Gasteiger partial charge is 0.240 e. The fraction of sp³-hybridized carbons (Fsp3) is 0.105. The molecule has 3 rings (SSSR count). The van der Waals surface area contributed by atoms with Crippen LogP contribution in [0.5, 0.6) is 11.5 Å². The summed E-state index contributed by atoms with van der Waals surface area (Å²) in [5.41, 5.74) is 0.543. The van der Waals surface area contributed by atoms with Gasteiger partial charge in [0.2, 0.25) is 10.0 Å². The van der Waals surface area contributed by atoms with Crippen molar-refractivity contribution in [2.75, 3.05) is 6.54 Å². The van der Waals surface area contributed by atoms with E-state index in [4.69, 9.17) is 4.74 Å². The SMILES string of the molecule is O=S(=O)(NCC(O)c1cccnc1)c1ccc(Oc2ccccc2)cc1. The number of nitrogens with zero attached hydrogens (tertiary/aromatic N) is 1. The standard InChI is InChI=1S/C19H18N2O4S/c22-19(15-5-4-12-20-13-15)14-21-26(23,24)18-10-8-17(9-11-18)25-16-6-2-1-3-7-16/h1-13,19,21-22H,14H2. The van der Waals surface area contributed by atoms with Crippen LogP contribution >= 0.6 is 0 Å². The second kappa shape index (κ2) is 8.09. The highest BCUT2D eigenvalue weighted by atomic mass is 32.2. The van der Waals surface area contributed by atoms with E-state index < -0.39 is 16.1 Å². The molecule has 2 aromatic carbocycles. The van der Waals surface area contributed by atoms with E-state index in [9.17, 15) is 13.5 Å². The number of hydrogen-bond acceptors (Lipinski definition) is 5. The molecule has 6 nitrogen and oxygen atoms in total. The molecule has 0 radical (unpaired) electrons. The van der Waals surface area contributed by atoms with Gasteiger partial charge in [0.05, 0.1) is 11.0 Å². The lowest BCUT2D eigenvalue weighted by Crippen LogP contribution is -2.28. The number of pyridine rings is 1. The van der Waals surface area contributed by atoms with Crippen LogP contribution in [0.3, 0.4) is 0 Å². The monoisotopic (exact) mass is 370 g/mol. The van der Waals surface area contributed by atoms with Gasteiger partial charge in [0.15, 0.2) is 0 Å². The van der Waals surface area contributed by atoms with Crippen LogP contribution in [0.15, 0.2) is 84.0 Å². The first-order valence-corrected chi connectivity index (χ1v) is 9.43. The molecule has 7 heteroatoms. The third-order valence-corrected chi connectivity index (χ3v) is 5.09. The number of rotatable bonds is 7. The van der Waals surface area contributed by atoms with Crippen molar-refractivity contribution in [3.05, 3.63) is 84.7 Å². The molecule has 3 aromatic rings. The Balaban J connectivity index is 1.64. The lowest BCUT2D eigenvalue weighted by molar-refractivity contribution is 0.181. The summed E-state index contributed by atoms with van der Waals surface area (Å²) < 4.78 is 32.8. The Morgan fingerprint density at radius 1 is 0.962 bits per heavy atom. The zero-order valence-electron chi connectivity index (χ0n) is 13.8. The maximum Gasteiger partial charge on any atom is 0.240 e. The van der Waals surface area contributed by atoms with Crippen LogP contribution in [0.1, 0.15) is 11.7 Å². The van der Waals surface area contributed by atoms with E-state index in [0.717, 1.165) is 0 Å². The van der Waals surface area contributed by atoms with E-state index >= 15 is 0 Å². The number of sulfonamides is 1. The van der Waals surface area contributed by atoms with Crippen LogP contribution in [-0.2, 0) is 10.0 Å². The Hall–Kier alpha value is -2.74. The molecule has 2 N–H and O–H groups in total. The van der Waals surface area contributed by atoms with Crippen molar-refractivity contribution >= 4 is 10.0 Å². The van der Waals surface area contributed by atoms with Gasteiger partial charge in [-0.15, -0.1) is 0 Å². The number of hydrogen-bond donors (Lipinski definition) is 2. The van der Waals surface area contributed by atoms with E-state index in [-0.39, 0.29) is 11.4 Å². The summed E-state index contributed by atoms with van der Waals surface area (Å²) in [4.78, 5) is 4.00. The minimum atomic E-state index is -3.74. The molecule has 26 heavy (non-hydrogen) atoms. The molecular formula is C19H18N2O4S. The second-order valence-electron chi connectivity index (χ2n) is 5.54. The van der Waals surface area contributed by atoms with Crippen molar-refractivity contribution in [2.24, 2.45) is 0 Å². The summed E-state index contributed by atoms with van der Waals surface area (Å²) in [6.45, 7) is -0.143. The van der Waals surface area contributed by atoms with Gasteiger partial charge in [-0.05, 0) is 42.5 Å². The fourth-order valence-electron chi connectivity index (χ4n) is 2.27. The van der Waals surface area contributed by atoms with Crippen molar-refractivity contribution < 1.29 is 18.3 Å². The van der Waals surface area contributed by atoms with Crippen molar-refractivity contribution in [3.63, 3.8) is 0 Å². The molecule has 1 heterocycles. The maximum atomic E-state index is 12.4. The highest BCUT2D eigenvalue weighted by Crippen LogP contribution is 2.22. The first-order chi connectivity index (χ1) is 12.5. The number of ether oxygens (including phenoxy) is 1. The van der Waals surface area contributed by atoms with Crippen molar-refractivity contribution in [2.45, 2.75) is 11.0 Å². The first kappa shape index (κ1) is 18.1. The predicted octanol–water partition coefficient (Wildman–Crippen LogP) is 2.89. The van der Waals surface area contributed by atoms with Gasteiger partial charge in [-0.2, -0.15) is 0 Å². The predicted molar refractivity (Wildman–Crippen MR) is 97.3 cm³/mol. The lowest BCUT2D eigenvalue weighted by Gasteiger charge is -2.12. The highest BCUT2D eigenvalue weighted by Gasteiger charge is 2.17. The van der Waals surface area contributed by atoms with Gasteiger partial charge in [0, 0.05) is 24.5 Å². The van der Waals surface area contributed by atoms with Crippen LogP contribution in [0.25, 0.3) is 0 Å². The van der Waals surface area contributed by atoms with Crippen molar-refractivity contribution in [1.29, 1.82) is 0 Å². The van der Waals surface area contributed by atoms with Crippen molar-refractivity contribution in [3.8, 4) is 11.5 Å². The quantitative estimate of drug-likeness (QED) is 0.668. The molecule has 0 spiro atoms. The average Bonchev–Trinajstić information content (AvgIpc) is 2.68. The molecule has 0 saturated heterocycles. The Morgan fingerprint density at radius 3 is 2.31 bits per heavy atom. The van der Waals surface area contributed by atoms with Crippen LogP contribution < -0.4 is 9.46 Å². The second-order valence-corrected chi connectivity index (χ2v) is 7.31. The van der Waals surface area contributed by atoms with Gasteiger partial charge < -0.3 is 9.84 Å². The molecule has 0 aliphatic carbocycles. The molecule has 1 atom stereocenters. The zero-order valence-corrected chi connectivity index (χ0v) is 14.6. The number of aromatic nitrogens is 1. The Morgan fingerprint density at radius 2 is 1.65 bits per heavy atom. The number of benzene rings is 2. The summed E-state index contributed by atoms with van der Waals surface area (Å²) in [5, 5.41) is 10.1. The average molecular weight is 370 g/mol. The molecule has 0 aliphatic rings. The van der Waals surface area contributed by atoms with Crippen LogP contribution in [0.4, 0.5) is 0 Å². The van der Waals surface area contributed by atoms with Gasteiger partial charge in [0.25, 0.3) is 0 Å². The number of para-hydroxylation sites is 1. The van der Waals surface area contributed by atoms with Gasteiger partial charge in [0.1, 0.15) is 11.5 Å². The molecule has 1 unspecified atom stereocenters. The zero-order chi connectivity index (χ0) is 18.4. The van der Waals surface area contributed by atoms with Crippen molar-refractivity contribution in [1.82, 2.24) is 9.71 Å². The summed E-state index contributed by atoms with van der Waals surface area (Å²) in [6, 6.07) is 18.6.